The van der Waals surface area contributed by atoms with E-state index in [1.807, 2.05) is 0 Å². The van der Waals surface area contributed by atoms with E-state index >= 15 is 0 Å². The van der Waals surface area contributed by atoms with Crippen molar-refractivity contribution in [3.63, 3.8) is 0 Å². The molecule has 0 aromatic heterocycles. The number of aliphatic carboxylic acids is 1. The second-order valence-corrected chi connectivity index (χ2v) is 2.49. The fourth-order valence-corrected chi connectivity index (χ4v) is 0.675. The molecule has 13 heavy (non-hydrogen) atoms. The molecule has 0 fully saturated rings. The summed E-state index contributed by atoms with van der Waals surface area (Å²) in [6.07, 6.45) is 0.244. The van der Waals surface area contributed by atoms with Gasteiger partial charge in [0.15, 0.2) is 6.10 Å². The predicted molar refractivity (Wildman–Crippen MR) is 46.1 cm³/mol. The quantitative estimate of drug-likeness (QED) is 0.490. The van der Waals surface area contributed by atoms with Gasteiger partial charge in [-0.15, -0.1) is 6.58 Å². The highest BCUT2D eigenvalue weighted by Gasteiger charge is 2.12. The molecule has 0 spiro atoms. The monoisotopic (exact) mass is 187 g/mol. The first kappa shape index (κ1) is 11.6. The number of rotatable bonds is 6. The van der Waals surface area contributed by atoms with Crippen molar-refractivity contribution in [1.82, 2.24) is 5.32 Å². The minimum atomic E-state index is -1.41. The van der Waals surface area contributed by atoms with Gasteiger partial charge in [-0.2, -0.15) is 0 Å². The Hall–Kier alpha value is -1.36. The molecule has 0 bridgehead atoms. The molecule has 0 aromatic rings. The Balaban J connectivity index is 3.50. The van der Waals surface area contributed by atoms with Crippen LogP contribution in [0, 0.1) is 0 Å². The third-order valence-corrected chi connectivity index (χ3v) is 1.35. The van der Waals surface area contributed by atoms with Gasteiger partial charge in [0.2, 0.25) is 5.91 Å². The van der Waals surface area contributed by atoms with Gasteiger partial charge in [-0.25, -0.2) is 4.79 Å². The highest BCUT2D eigenvalue weighted by Crippen LogP contribution is 1.89. The molecule has 0 saturated heterocycles. The Morgan fingerprint density at radius 3 is 2.62 bits per heavy atom. The van der Waals surface area contributed by atoms with Gasteiger partial charge in [0.05, 0.1) is 0 Å². The van der Waals surface area contributed by atoms with Crippen LogP contribution in [0.15, 0.2) is 12.7 Å². The second kappa shape index (κ2) is 6.19. The molecule has 0 unspecified atom stereocenters. The van der Waals surface area contributed by atoms with Crippen molar-refractivity contribution in [3.8, 4) is 0 Å². The minimum Gasteiger partial charge on any atom is -0.479 e. The fourth-order valence-electron chi connectivity index (χ4n) is 0.675. The summed E-state index contributed by atoms with van der Waals surface area (Å²) in [4.78, 5) is 20.9. The van der Waals surface area contributed by atoms with Gasteiger partial charge in [0.1, 0.15) is 0 Å². The van der Waals surface area contributed by atoms with E-state index in [4.69, 9.17) is 10.2 Å². The number of carboxylic acid groups (broad SMARTS) is 1. The number of carbonyl (C=O) groups excluding carboxylic acids is 1. The lowest BCUT2D eigenvalue weighted by molar-refractivity contribution is -0.147. The first-order chi connectivity index (χ1) is 6.07. The molecule has 0 aliphatic heterocycles. The van der Waals surface area contributed by atoms with E-state index in [-0.39, 0.29) is 25.3 Å². The van der Waals surface area contributed by atoms with Crippen molar-refractivity contribution in [1.29, 1.82) is 0 Å². The van der Waals surface area contributed by atoms with E-state index in [1.165, 1.54) is 6.08 Å². The van der Waals surface area contributed by atoms with Crippen molar-refractivity contribution < 1.29 is 19.8 Å². The maximum absolute atomic E-state index is 10.8. The third kappa shape index (κ3) is 5.86. The Bertz CT molecular complexity index is 202. The third-order valence-electron chi connectivity index (χ3n) is 1.35. The summed E-state index contributed by atoms with van der Waals surface area (Å²) in [5, 5.41) is 19.5. The van der Waals surface area contributed by atoms with Crippen LogP contribution in [-0.2, 0) is 9.59 Å². The van der Waals surface area contributed by atoms with Crippen LogP contribution < -0.4 is 5.32 Å². The number of hydrogen-bond acceptors (Lipinski definition) is 3. The average Bonchev–Trinajstić information content (AvgIpc) is 2.04. The maximum Gasteiger partial charge on any atom is 0.332 e. The largest absolute Gasteiger partial charge is 0.479 e. The average molecular weight is 187 g/mol. The first-order valence-electron chi connectivity index (χ1n) is 3.86. The predicted octanol–water partition coefficient (Wildman–Crippen LogP) is -0.486. The fraction of sp³-hybridized carbons (Fsp3) is 0.500. The zero-order chi connectivity index (χ0) is 10.3. The number of nitrogens with one attached hydrogen (secondary N) is 1. The summed E-state index contributed by atoms with van der Waals surface area (Å²) in [5.41, 5.74) is 0. The van der Waals surface area contributed by atoms with Crippen molar-refractivity contribution in [2.45, 2.75) is 18.9 Å². The van der Waals surface area contributed by atoms with E-state index in [1.54, 1.807) is 0 Å². The summed E-state index contributed by atoms with van der Waals surface area (Å²) in [7, 11) is 0. The SMILES string of the molecule is C=CCC(=O)NCC[C@H](O)C(=O)O. The maximum atomic E-state index is 10.8. The molecule has 0 saturated carbocycles. The van der Waals surface area contributed by atoms with Crippen LogP contribution in [0.4, 0.5) is 0 Å². The Labute approximate surface area is 76.1 Å². The van der Waals surface area contributed by atoms with Crippen LogP contribution in [0.5, 0.6) is 0 Å². The summed E-state index contributed by atoms with van der Waals surface area (Å²) >= 11 is 0. The zero-order valence-corrected chi connectivity index (χ0v) is 7.19. The van der Waals surface area contributed by atoms with E-state index in [2.05, 4.69) is 11.9 Å². The first-order valence-corrected chi connectivity index (χ1v) is 3.86. The minimum absolute atomic E-state index is 0.0121. The smallest absolute Gasteiger partial charge is 0.332 e. The molecular formula is C8H13NO4. The molecule has 0 heterocycles. The summed E-state index contributed by atoms with van der Waals surface area (Å²) in [6, 6.07) is 0. The molecule has 5 nitrogen and oxygen atoms in total. The van der Waals surface area contributed by atoms with Crippen LogP contribution in [0.3, 0.4) is 0 Å². The number of aliphatic hydroxyl groups is 1. The van der Waals surface area contributed by atoms with Gasteiger partial charge in [-0.1, -0.05) is 6.08 Å². The molecular weight excluding hydrogens is 174 g/mol. The van der Waals surface area contributed by atoms with Gasteiger partial charge in [0, 0.05) is 19.4 Å². The highest BCUT2D eigenvalue weighted by atomic mass is 16.4. The Morgan fingerprint density at radius 2 is 2.15 bits per heavy atom. The van der Waals surface area contributed by atoms with Gasteiger partial charge >= 0.3 is 5.97 Å². The highest BCUT2D eigenvalue weighted by molar-refractivity contribution is 5.77. The summed E-state index contributed by atoms with van der Waals surface area (Å²) in [6.45, 7) is 3.52. The van der Waals surface area contributed by atoms with Gasteiger partial charge in [0.25, 0.3) is 0 Å². The number of carboxylic acids is 1. The van der Waals surface area contributed by atoms with Crippen LogP contribution in [0.1, 0.15) is 12.8 Å². The lowest BCUT2D eigenvalue weighted by Gasteiger charge is -2.05. The molecule has 0 aliphatic carbocycles. The van der Waals surface area contributed by atoms with E-state index in [9.17, 15) is 9.59 Å². The van der Waals surface area contributed by atoms with E-state index in [0.717, 1.165) is 0 Å². The Kier molecular flexibility index (Phi) is 5.54. The van der Waals surface area contributed by atoms with Gasteiger partial charge in [-0.05, 0) is 0 Å². The number of carbonyl (C=O) groups is 2. The number of aliphatic hydroxyl groups excluding tert-OH is 1. The molecule has 5 heteroatoms. The summed E-state index contributed by atoms with van der Waals surface area (Å²) < 4.78 is 0. The van der Waals surface area contributed by atoms with Crippen molar-refractivity contribution in [2.24, 2.45) is 0 Å². The number of amides is 1. The lowest BCUT2D eigenvalue weighted by atomic mass is 10.2. The van der Waals surface area contributed by atoms with E-state index in [0.29, 0.717) is 0 Å². The molecule has 0 aromatic carbocycles. The van der Waals surface area contributed by atoms with Crippen LogP contribution in [0.25, 0.3) is 0 Å². The molecule has 1 amide bonds. The molecule has 0 aliphatic rings. The number of hydrogen-bond donors (Lipinski definition) is 3. The molecule has 74 valence electrons. The topological polar surface area (TPSA) is 86.6 Å². The molecule has 3 N–H and O–H groups in total. The van der Waals surface area contributed by atoms with Crippen molar-refractivity contribution >= 4 is 11.9 Å². The van der Waals surface area contributed by atoms with Gasteiger partial charge in [-0.3, -0.25) is 4.79 Å². The Morgan fingerprint density at radius 1 is 1.54 bits per heavy atom. The van der Waals surface area contributed by atoms with Crippen molar-refractivity contribution in [3.05, 3.63) is 12.7 Å². The molecule has 0 rings (SSSR count). The van der Waals surface area contributed by atoms with Crippen LogP contribution in [-0.4, -0.2) is 34.7 Å². The van der Waals surface area contributed by atoms with Gasteiger partial charge < -0.3 is 15.5 Å². The van der Waals surface area contributed by atoms with Crippen LogP contribution >= 0.6 is 0 Å². The molecule has 0 radical (unpaired) electrons. The normalized spacial score (nSPS) is 11.8. The second-order valence-electron chi connectivity index (χ2n) is 2.49. The summed E-state index contributed by atoms with van der Waals surface area (Å²) in [5.74, 6) is -1.51. The van der Waals surface area contributed by atoms with Crippen molar-refractivity contribution in [2.75, 3.05) is 6.54 Å². The van der Waals surface area contributed by atoms with Crippen LogP contribution in [0.2, 0.25) is 0 Å². The zero-order valence-electron chi connectivity index (χ0n) is 7.19. The standard InChI is InChI=1S/C8H13NO4/c1-2-3-7(11)9-5-4-6(10)8(12)13/h2,6,10H,1,3-5H2,(H,9,11)(H,12,13)/t6-/m0/s1. The lowest BCUT2D eigenvalue weighted by Crippen LogP contribution is -2.29. The van der Waals surface area contributed by atoms with E-state index < -0.39 is 12.1 Å². The molecule has 1 atom stereocenters.